The van der Waals surface area contributed by atoms with Crippen molar-refractivity contribution in [2.24, 2.45) is 0 Å². The first kappa shape index (κ1) is 13.6. The monoisotopic (exact) mass is 249 g/mol. The molecule has 2 rings (SSSR count). The summed E-state index contributed by atoms with van der Waals surface area (Å²) < 4.78 is 2.39. The number of aryl methyl sites for hydroxylation is 1. The first-order valence-electron chi connectivity index (χ1n) is 7.47. The second kappa shape index (κ2) is 6.37. The molecule has 1 aliphatic heterocycles. The molecule has 0 atom stereocenters. The zero-order valence-electron chi connectivity index (χ0n) is 11.9. The van der Waals surface area contributed by atoms with E-state index >= 15 is 0 Å². The van der Waals surface area contributed by atoms with Gasteiger partial charge in [0.2, 0.25) is 0 Å². The molecule has 0 bridgehead atoms. The van der Waals surface area contributed by atoms with Crippen LogP contribution in [0.4, 0.5) is 0 Å². The topological polar surface area (TPSA) is 29.9 Å². The molecule has 0 spiro atoms. The molecule has 3 nitrogen and oxygen atoms in total. The zero-order chi connectivity index (χ0) is 12.8. The van der Waals surface area contributed by atoms with E-state index in [2.05, 4.69) is 34.9 Å². The van der Waals surface area contributed by atoms with Crippen molar-refractivity contribution in [2.45, 2.75) is 64.3 Å². The fourth-order valence-electron chi connectivity index (χ4n) is 2.95. The first-order valence-corrected chi connectivity index (χ1v) is 7.47. The quantitative estimate of drug-likeness (QED) is 0.785. The maximum atomic E-state index is 4.38. The molecule has 1 fully saturated rings. The molecule has 18 heavy (non-hydrogen) atoms. The number of nitrogens with zero attached hydrogens (tertiary/aromatic N) is 2. The fraction of sp³-hybridized carbons (Fsp3) is 0.800. The van der Waals surface area contributed by atoms with E-state index in [9.17, 15) is 0 Å². The van der Waals surface area contributed by atoms with Crippen LogP contribution in [0, 0.1) is 0 Å². The minimum absolute atomic E-state index is 0.326. The Bertz CT molecular complexity index is 350. The normalized spacial score (nSPS) is 19.0. The summed E-state index contributed by atoms with van der Waals surface area (Å²) in [6.45, 7) is 8.07. The molecule has 1 aliphatic rings. The molecule has 1 aromatic heterocycles. The van der Waals surface area contributed by atoms with Gasteiger partial charge < -0.3 is 9.88 Å². The highest BCUT2D eigenvalue weighted by atomic mass is 15.1. The van der Waals surface area contributed by atoms with E-state index in [4.69, 9.17) is 0 Å². The molecule has 102 valence electrons. The average Bonchev–Trinajstić information content (AvgIpc) is 2.85. The second-order valence-electron chi connectivity index (χ2n) is 5.84. The van der Waals surface area contributed by atoms with Gasteiger partial charge in [0.15, 0.2) is 0 Å². The summed E-state index contributed by atoms with van der Waals surface area (Å²) in [5.74, 6) is 0. The Morgan fingerprint density at radius 3 is 2.78 bits per heavy atom. The Morgan fingerprint density at radius 2 is 2.06 bits per heavy atom. The fourth-order valence-corrected chi connectivity index (χ4v) is 2.95. The van der Waals surface area contributed by atoms with Gasteiger partial charge in [0.05, 0.1) is 6.33 Å². The number of aromatic nitrogens is 2. The van der Waals surface area contributed by atoms with Crippen molar-refractivity contribution in [2.75, 3.05) is 13.1 Å². The number of hydrogen-bond donors (Lipinski definition) is 1. The minimum atomic E-state index is 0.326. The Morgan fingerprint density at radius 1 is 1.28 bits per heavy atom. The van der Waals surface area contributed by atoms with E-state index in [1.165, 1.54) is 44.2 Å². The SMILES string of the molecule is CCCCCCn1cncc1C1(C)CCNCC1. The molecule has 0 saturated carbocycles. The van der Waals surface area contributed by atoms with Gasteiger partial charge in [0, 0.05) is 23.9 Å². The highest BCUT2D eigenvalue weighted by Gasteiger charge is 2.31. The highest BCUT2D eigenvalue weighted by molar-refractivity contribution is 5.15. The van der Waals surface area contributed by atoms with E-state index in [1.807, 2.05) is 6.33 Å². The smallest absolute Gasteiger partial charge is 0.0948 e. The molecule has 0 amide bonds. The van der Waals surface area contributed by atoms with Crippen LogP contribution in [-0.2, 0) is 12.0 Å². The Kier molecular flexibility index (Phi) is 4.81. The largest absolute Gasteiger partial charge is 0.334 e. The Hall–Kier alpha value is -0.830. The van der Waals surface area contributed by atoms with Crippen LogP contribution in [0.25, 0.3) is 0 Å². The summed E-state index contributed by atoms with van der Waals surface area (Å²) in [6, 6.07) is 0. The summed E-state index contributed by atoms with van der Waals surface area (Å²) in [4.78, 5) is 4.38. The van der Waals surface area contributed by atoms with Gasteiger partial charge in [-0.3, -0.25) is 0 Å². The predicted octanol–water partition coefficient (Wildman–Crippen LogP) is 3.10. The van der Waals surface area contributed by atoms with Crippen molar-refractivity contribution in [3.05, 3.63) is 18.2 Å². The summed E-state index contributed by atoms with van der Waals surface area (Å²) >= 11 is 0. The van der Waals surface area contributed by atoms with E-state index in [0.717, 1.165) is 19.6 Å². The summed E-state index contributed by atoms with van der Waals surface area (Å²) in [5.41, 5.74) is 1.77. The lowest BCUT2D eigenvalue weighted by atomic mass is 9.78. The highest BCUT2D eigenvalue weighted by Crippen LogP contribution is 2.32. The maximum Gasteiger partial charge on any atom is 0.0948 e. The minimum Gasteiger partial charge on any atom is -0.334 e. The van der Waals surface area contributed by atoms with Crippen LogP contribution < -0.4 is 5.32 Å². The van der Waals surface area contributed by atoms with Crippen LogP contribution in [0.3, 0.4) is 0 Å². The lowest BCUT2D eigenvalue weighted by Crippen LogP contribution is -2.39. The molecule has 1 aromatic rings. The van der Waals surface area contributed by atoms with Gasteiger partial charge in [0.1, 0.15) is 0 Å². The maximum absolute atomic E-state index is 4.38. The third-order valence-electron chi connectivity index (χ3n) is 4.29. The molecule has 0 radical (unpaired) electrons. The standard InChI is InChI=1S/C15H27N3/c1-3-4-5-6-11-18-13-17-12-14(18)15(2)7-9-16-10-8-15/h12-13,16H,3-11H2,1-2H3. The van der Waals surface area contributed by atoms with Crippen molar-refractivity contribution < 1.29 is 0 Å². The average molecular weight is 249 g/mol. The van der Waals surface area contributed by atoms with Crippen molar-refractivity contribution in [1.29, 1.82) is 0 Å². The number of imidazole rings is 1. The first-order chi connectivity index (χ1) is 8.76. The van der Waals surface area contributed by atoms with Gasteiger partial charge >= 0.3 is 0 Å². The van der Waals surface area contributed by atoms with Crippen molar-refractivity contribution in [1.82, 2.24) is 14.9 Å². The van der Waals surface area contributed by atoms with Crippen molar-refractivity contribution >= 4 is 0 Å². The molecular weight excluding hydrogens is 222 g/mol. The summed E-state index contributed by atoms with van der Waals surface area (Å²) in [7, 11) is 0. The number of piperidine rings is 1. The van der Waals surface area contributed by atoms with Crippen LogP contribution in [0.2, 0.25) is 0 Å². The number of unbranched alkanes of at least 4 members (excludes halogenated alkanes) is 3. The number of hydrogen-bond acceptors (Lipinski definition) is 2. The van der Waals surface area contributed by atoms with Crippen molar-refractivity contribution in [3.63, 3.8) is 0 Å². The lowest BCUT2D eigenvalue weighted by molar-refractivity contribution is 0.315. The molecule has 0 aromatic carbocycles. The van der Waals surface area contributed by atoms with Gasteiger partial charge in [-0.15, -0.1) is 0 Å². The predicted molar refractivity (Wildman–Crippen MR) is 75.8 cm³/mol. The lowest BCUT2D eigenvalue weighted by Gasteiger charge is -2.34. The molecule has 0 aliphatic carbocycles. The Labute approximate surface area is 111 Å². The number of rotatable bonds is 6. The van der Waals surface area contributed by atoms with Gasteiger partial charge in [-0.1, -0.05) is 33.1 Å². The zero-order valence-corrected chi connectivity index (χ0v) is 11.9. The van der Waals surface area contributed by atoms with Gasteiger partial charge in [-0.05, 0) is 32.4 Å². The van der Waals surface area contributed by atoms with Crippen LogP contribution >= 0.6 is 0 Å². The van der Waals surface area contributed by atoms with Crippen molar-refractivity contribution in [3.8, 4) is 0 Å². The van der Waals surface area contributed by atoms with E-state index in [1.54, 1.807) is 0 Å². The van der Waals surface area contributed by atoms with E-state index in [-0.39, 0.29) is 0 Å². The molecule has 3 heteroatoms. The van der Waals surface area contributed by atoms with Crippen LogP contribution in [0.15, 0.2) is 12.5 Å². The molecular formula is C15H27N3. The molecule has 1 N–H and O–H groups in total. The molecule has 0 unspecified atom stereocenters. The van der Waals surface area contributed by atoms with Gasteiger partial charge in [-0.25, -0.2) is 4.98 Å². The van der Waals surface area contributed by atoms with E-state index in [0.29, 0.717) is 5.41 Å². The number of nitrogens with one attached hydrogen (secondary N) is 1. The molecule has 2 heterocycles. The van der Waals surface area contributed by atoms with Crippen LogP contribution in [0.1, 0.15) is 58.1 Å². The Balaban J connectivity index is 1.98. The van der Waals surface area contributed by atoms with E-state index < -0.39 is 0 Å². The van der Waals surface area contributed by atoms with Crippen LogP contribution in [-0.4, -0.2) is 22.6 Å². The van der Waals surface area contributed by atoms with Gasteiger partial charge in [-0.2, -0.15) is 0 Å². The van der Waals surface area contributed by atoms with Gasteiger partial charge in [0.25, 0.3) is 0 Å². The third kappa shape index (κ3) is 3.14. The molecule has 1 saturated heterocycles. The third-order valence-corrected chi connectivity index (χ3v) is 4.29. The summed E-state index contributed by atoms with van der Waals surface area (Å²) in [6.07, 6.45) is 11.9. The summed E-state index contributed by atoms with van der Waals surface area (Å²) in [5, 5.41) is 3.45. The van der Waals surface area contributed by atoms with Crippen LogP contribution in [0.5, 0.6) is 0 Å². The second-order valence-corrected chi connectivity index (χ2v) is 5.84.